The van der Waals surface area contributed by atoms with Crippen LogP contribution in [0.3, 0.4) is 0 Å². The first-order valence-electron chi connectivity index (χ1n) is 14.1. The Balaban J connectivity index is 1.35. The SMILES string of the molecule is c1ccc(-c2c3ccccc3c(-c3cccc(-c4cc5cccc6oc7cccc4c7c56)c3)c3ccccc23)cc1. The molecule has 1 aromatic heterocycles. The number of benzene rings is 8. The third kappa shape index (κ3) is 3.24. The van der Waals surface area contributed by atoms with Crippen LogP contribution in [-0.2, 0) is 0 Å². The van der Waals surface area contributed by atoms with Crippen molar-refractivity contribution in [2.45, 2.75) is 0 Å². The van der Waals surface area contributed by atoms with Gasteiger partial charge < -0.3 is 4.42 Å². The molecule has 0 unspecified atom stereocenters. The standard InChI is InChI=1S/C40H24O/c1-2-11-25(12-3-1)37-29-16-4-6-18-31(29)38(32-19-7-5-17-30(32)37)27-14-8-13-26(23-27)34-24-28-15-9-21-35-39(28)40-33(34)20-10-22-36(40)41-35/h1-24H. The topological polar surface area (TPSA) is 13.1 Å². The number of fused-ring (bicyclic) bond motifs is 2. The second-order valence-electron chi connectivity index (χ2n) is 10.8. The molecule has 0 fully saturated rings. The first-order valence-corrected chi connectivity index (χ1v) is 14.1. The fourth-order valence-corrected chi connectivity index (χ4v) is 6.91. The van der Waals surface area contributed by atoms with Crippen molar-refractivity contribution in [2.75, 3.05) is 0 Å². The highest BCUT2D eigenvalue weighted by Gasteiger charge is 2.19. The van der Waals surface area contributed by atoms with E-state index in [1.54, 1.807) is 0 Å². The van der Waals surface area contributed by atoms with Gasteiger partial charge >= 0.3 is 0 Å². The molecular weight excluding hydrogens is 496 g/mol. The lowest BCUT2D eigenvalue weighted by atomic mass is 9.85. The second kappa shape index (κ2) is 8.55. The molecule has 0 aliphatic heterocycles. The van der Waals surface area contributed by atoms with Crippen molar-refractivity contribution in [3.63, 3.8) is 0 Å². The molecule has 0 atom stereocenters. The minimum Gasteiger partial charge on any atom is -0.456 e. The largest absolute Gasteiger partial charge is 0.456 e. The molecule has 8 aromatic carbocycles. The van der Waals surface area contributed by atoms with Gasteiger partial charge in [-0.15, -0.1) is 0 Å². The van der Waals surface area contributed by atoms with E-state index in [-0.39, 0.29) is 0 Å². The molecule has 0 amide bonds. The van der Waals surface area contributed by atoms with Gasteiger partial charge in [-0.3, -0.25) is 0 Å². The van der Waals surface area contributed by atoms with E-state index in [0.717, 1.165) is 11.2 Å². The van der Waals surface area contributed by atoms with Crippen molar-refractivity contribution in [1.29, 1.82) is 0 Å². The summed E-state index contributed by atoms with van der Waals surface area (Å²) in [5, 5.41) is 9.95. The molecule has 9 aromatic rings. The first kappa shape index (κ1) is 22.4. The van der Waals surface area contributed by atoms with Gasteiger partial charge in [-0.1, -0.05) is 121 Å². The normalized spacial score (nSPS) is 11.9. The maximum atomic E-state index is 6.24. The van der Waals surface area contributed by atoms with Gasteiger partial charge in [0, 0.05) is 10.8 Å². The van der Waals surface area contributed by atoms with Crippen molar-refractivity contribution >= 4 is 54.3 Å². The van der Waals surface area contributed by atoms with Gasteiger partial charge in [-0.25, -0.2) is 0 Å². The van der Waals surface area contributed by atoms with Crippen LogP contribution in [0.15, 0.2) is 150 Å². The Hall–Kier alpha value is -5.40. The lowest BCUT2D eigenvalue weighted by Gasteiger charge is -2.18. The quantitative estimate of drug-likeness (QED) is 0.167. The minimum atomic E-state index is 0.945. The zero-order valence-corrected chi connectivity index (χ0v) is 22.3. The third-order valence-electron chi connectivity index (χ3n) is 8.60. The van der Waals surface area contributed by atoms with E-state index in [9.17, 15) is 0 Å². The van der Waals surface area contributed by atoms with Crippen LogP contribution in [0.1, 0.15) is 0 Å². The summed E-state index contributed by atoms with van der Waals surface area (Å²) in [4.78, 5) is 0. The van der Waals surface area contributed by atoms with Crippen molar-refractivity contribution in [3.8, 4) is 33.4 Å². The van der Waals surface area contributed by atoms with Gasteiger partial charge in [-0.05, 0) is 90.0 Å². The predicted molar refractivity (Wildman–Crippen MR) is 174 cm³/mol. The predicted octanol–water partition coefficient (Wildman–Crippen LogP) is 11.5. The average molecular weight is 521 g/mol. The van der Waals surface area contributed by atoms with Crippen molar-refractivity contribution in [2.24, 2.45) is 0 Å². The van der Waals surface area contributed by atoms with Crippen LogP contribution in [0, 0.1) is 0 Å². The van der Waals surface area contributed by atoms with Crippen LogP contribution >= 0.6 is 0 Å². The molecule has 0 aliphatic rings. The van der Waals surface area contributed by atoms with Gasteiger partial charge in [0.25, 0.3) is 0 Å². The summed E-state index contributed by atoms with van der Waals surface area (Å²) >= 11 is 0. The first-order chi connectivity index (χ1) is 20.3. The highest BCUT2D eigenvalue weighted by Crippen LogP contribution is 2.46. The van der Waals surface area contributed by atoms with Crippen LogP contribution in [0.2, 0.25) is 0 Å². The molecule has 0 bridgehead atoms. The molecule has 0 saturated carbocycles. The van der Waals surface area contributed by atoms with Crippen molar-refractivity contribution in [3.05, 3.63) is 146 Å². The molecule has 9 rings (SSSR count). The maximum Gasteiger partial charge on any atom is 0.136 e. The van der Waals surface area contributed by atoms with Crippen LogP contribution in [0.25, 0.3) is 87.6 Å². The van der Waals surface area contributed by atoms with Crippen LogP contribution in [-0.4, -0.2) is 0 Å². The summed E-state index contributed by atoms with van der Waals surface area (Å²) in [5.41, 5.74) is 9.36. The van der Waals surface area contributed by atoms with E-state index in [1.807, 2.05) is 0 Å². The Morgan fingerprint density at radius 3 is 1.56 bits per heavy atom. The lowest BCUT2D eigenvalue weighted by Crippen LogP contribution is -1.91. The number of furan rings is 1. The average Bonchev–Trinajstić information content (AvgIpc) is 3.43. The van der Waals surface area contributed by atoms with Gasteiger partial charge in [0.2, 0.25) is 0 Å². The van der Waals surface area contributed by atoms with E-state index in [0.29, 0.717) is 0 Å². The maximum absolute atomic E-state index is 6.24. The van der Waals surface area contributed by atoms with Crippen molar-refractivity contribution < 1.29 is 4.42 Å². The van der Waals surface area contributed by atoms with Crippen LogP contribution < -0.4 is 0 Å². The Bertz CT molecular complexity index is 2350. The second-order valence-corrected chi connectivity index (χ2v) is 10.8. The van der Waals surface area contributed by atoms with Crippen molar-refractivity contribution in [1.82, 2.24) is 0 Å². The number of hydrogen-bond donors (Lipinski definition) is 0. The van der Waals surface area contributed by atoms with Gasteiger partial charge in [-0.2, -0.15) is 0 Å². The van der Waals surface area contributed by atoms with E-state index in [4.69, 9.17) is 4.42 Å². The summed E-state index contributed by atoms with van der Waals surface area (Å²) in [7, 11) is 0. The molecule has 1 nitrogen and oxygen atoms in total. The fourth-order valence-electron chi connectivity index (χ4n) is 6.91. The Labute approximate surface area is 237 Å². The van der Waals surface area contributed by atoms with E-state index < -0.39 is 0 Å². The fraction of sp³-hybridized carbons (Fsp3) is 0. The summed E-state index contributed by atoms with van der Waals surface area (Å²) in [5.74, 6) is 0. The van der Waals surface area contributed by atoms with Crippen LogP contribution in [0.4, 0.5) is 0 Å². The summed E-state index contributed by atoms with van der Waals surface area (Å²) in [6.07, 6.45) is 0. The molecule has 0 radical (unpaired) electrons. The molecule has 0 aliphatic carbocycles. The zero-order chi connectivity index (χ0) is 26.9. The minimum absolute atomic E-state index is 0.945. The Kier molecular flexibility index (Phi) is 4.67. The third-order valence-corrected chi connectivity index (χ3v) is 8.60. The molecule has 1 heterocycles. The molecule has 190 valence electrons. The summed E-state index contributed by atoms with van der Waals surface area (Å²) in [6.45, 7) is 0. The molecule has 0 saturated heterocycles. The van der Waals surface area contributed by atoms with E-state index in [1.165, 1.54) is 76.5 Å². The lowest BCUT2D eigenvalue weighted by molar-refractivity contribution is 0.669. The highest BCUT2D eigenvalue weighted by atomic mass is 16.3. The molecular formula is C40H24O. The van der Waals surface area contributed by atoms with E-state index in [2.05, 4.69) is 146 Å². The monoisotopic (exact) mass is 520 g/mol. The summed E-state index contributed by atoms with van der Waals surface area (Å²) in [6, 6.07) is 52.6. The van der Waals surface area contributed by atoms with Gasteiger partial charge in [0.1, 0.15) is 11.2 Å². The van der Waals surface area contributed by atoms with E-state index >= 15 is 0 Å². The van der Waals surface area contributed by atoms with Crippen LogP contribution in [0.5, 0.6) is 0 Å². The zero-order valence-electron chi connectivity index (χ0n) is 22.3. The summed E-state index contributed by atoms with van der Waals surface area (Å²) < 4.78 is 6.24. The highest BCUT2D eigenvalue weighted by molar-refractivity contribution is 6.25. The Morgan fingerprint density at radius 2 is 0.854 bits per heavy atom. The molecule has 41 heavy (non-hydrogen) atoms. The molecule has 0 N–H and O–H groups in total. The number of hydrogen-bond acceptors (Lipinski definition) is 1. The Morgan fingerprint density at radius 1 is 0.341 bits per heavy atom. The van der Waals surface area contributed by atoms with Gasteiger partial charge in [0.15, 0.2) is 0 Å². The molecule has 1 heteroatoms. The smallest absolute Gasteiger partial charge is 0.136 e. The number of rotatable bonds is 3. The molecule has 0 spiro atoms. The van der Waals surface area contributed by atoms with Gasteiger partial charge in [0.05, 0.1) is 0 Å².